The fraction of sp³-hybridized carbons (Fsp3) is 0.571. The molecule has 0 saturated carbocycles. The Bertz CT molecular complexity index is 383. The van der Waals surface area contributed by atoms with Crippen LogP contribution in [0.5, 0.6) is 0 Å². The van der Waals surface area contributed by atoms with Crippen molar-refractivity contribution in [1.29, 1.82) is 0 Å². The van der Waals surface area contributed by atoms with E-state index in [1.165, 1.54) is 49.3 Å². The smallest absolute Gasteiger partial charge is 0.0376 e. The van der Waals surface area contributed by atoms with Gasteiger partial charge in [-0.1, -0.05) is 12.1 Å². The van der Waals surface area contributed by atoms with Crippen LogP contribution >= 0.6 is 0 Å². The summed E-state index contributed by atoms with van der Waals surface area (Å²) in [5.41, 5.74) is 4.32. The number of nitrogens with one attached hydrogen (secondary N) is 2. The Morgan fingerprint density at radius 1 is 1.12 bits per heavy atom. The molecule has 2 heterocycles. The first-order valence-electron chi connectivity index (χ1n) is 6.70. The van der Waals surface area contributed by atoms with E-state index in [0.29, 0.717) is 0 Å². The number of hydrogen-bond acceptors (Lipinski definition) is 3. The second kappa shape index (κ2) is 5.07. The van der Waals surface area contributed by atoms with Crippen LogP contribution < -0.4 is 10.6 Å². The van der Waals surface area contributed by atoms with Crippen LogP contribution in [0.2, 0.25) is 0 Å². The van der Waals surface area contributed by atoms with Gasteiger partial charge in [-0.2, -0.15) is 0 Å². The number of benzene rings is 1. The molecule has 1 saturated heterocycles. The molecular weight excluding hydrogens is 210 g/mol. The van der Waals surface area contributed by atoms with Crippen molar-refractivity contribution in [3.8, 4) is 0 Å². The number of anilines is 1. The monoisotopic (exact) mass is 231 g/mol. The predicted molar refractivity (Wildman–Crippen MR) is 71.6 cm³/mol. The quantitative estimate of drug-likeness (QED) is 0.816. The zero-order valence-electron chi connectivity index (χ0n) is 10.3. The summed E-state index contributed by atoms with van der Waals surface area (Å²) in [6.45, 7) is 6.99. The van der Waals surface area contributed by atoms with E-state index < -0.39 is 0 Å². The third-order valence-electron chi connectivity index (χ3n) is 3.81. The van der Waals surface area contributed by atoms with Crippen molar-refractivity contribution >= 4 is 5.69 Å². The molecule has 3 nitrogen and oxygen atoms in total. The molecule has 0 unspecified atom stereocenters. The Balaban J connectivity index is 1.57. The first-order valence-corrected chi connectivity index (χ1v) is 6.70. The molecule has 0 atom stereocenters. The molecule has 3 rings (SSSR count). The molecule has 3 heteroatoms. The normalized spacial score (nSPS) is 20.0. The Morgan fingerprint density at radius 3 is 2.88 bits per heavy atom. The highest BCUT2D eigenvalue weighted by molar-refractivity contribution is 5.57. The van der Waals surface area contributed by atoms with Crippen molar-refractivity contribution in [2.45, 2.75) is 12.8 Å². The standard InChI is InChI=1S/C14H21N3/c1-2-13-3-5-16-14(13)11-12(1)4-8-17-9-6-15-7-10-17/h1-2,11,15-16H,3-10H2. The first kappa shape index (κ1) is 11.1. The van der Waals surface area contributed by atoms with Crippen LogP contribution in [0, 0.1) is 0 Å². The van der Waals surface area contributed by atoms with Gasteiger partial charge in [-0.05, 0) is 30.0 Å². The summed E-state index contributed by atoms with van der Waals surface area (Å²) in [5.74, 6) is 0. The molecule has 0 radical (unpaired) electrons. The van der Waals surface area contributed by atoms with Crippen LogP contribution in [0.3, 0.4) is 0 Å². The molecule has 0 bridgehead atoms. The molecule has 0 aliphatic carbocycles. The molecular formula is C14H21N3. The summed E-state index contributed by atoms with van der Waals surface area (Å²) in [4.78, 5) is 2.55. The number of piperazine rings is 1. The molecule has 2 aliphatic heterocycles. The number of fused-ring (bicyclic) bond motifs is 1. The number of nitrogens with zero attached hydrogens (tertiary/aromatic N) is 1. The lowest BCUT2D eigenvalue weighted by molar-refractivity contribution is 0.244. The number of rotatable bonds is 3. The van der Waals surface area contributed by atoms with E-state index in [4.69, 9.17) is 0 Å². The fourth-order valence-corrected chi connectivity index (χ4v) is 2.72. The first-order chi connectivity index (χ1) is 8.42. The molecule has 92 valence electrons. The lowest BCUT2D eigenvalue weighted by Gasteiger charge is -2.27. The average molecular weight is 231 g/mol. The summed E-state index contributed by atoms with van der Waals surface area (Å²) in [6.07, 6.45) is 2.36. The average Bonchev–Trinajstić information content (AvgIpc) is 2.85. The van der Waals surface area contributed by atoms with Gasteiger partial charge in [0.05, 0.1) is 0 Å². The predicted octanol–water partition coefficient (Wildman–Crippen LogP) is 1.10. The Hall–Kier alpha value is -1.06. The summed E-state index contributed by atoms with van der Waals surface area (Å²) in [6, 6.07) is 6.93. The Labute approximate surface area is 103 Å². The zero-order valence-corrected chi connectivity index (χ0v) is 10.3. The third kappa shape index (κ3) is 2.61. The lowest BCUT2D eigenvalue weighted by atomic mass is 10.1. The zero-order chi connectivity index (χ0) is 11.5. The van der Waals surface area contributed by atoms with E-state index in [9.17, 15) is 0 Å². The van der Waals surface area contributed by atoms with Crippen LogP contribution in [0.1, 0.15) is 11.1 Å². The van der Waals surface area contributed by atoms with E-state index in [0.717, 1.165) is 19.6 Å². The van der Waals surface area contributed by atoms with Crippen LogP contribution in [0.15, 0.2) is 18.2 Å². The molecule has 0 spiro atoms. The van der Waals surface area contributed by atoms with Crippen molar-refractivity contribution in [3.63, 3.8) is 0 Å². The van der Waals surface area contributed by atoms with Gasteiger partial charge in [0, 0.05) is 45.0 Å². The van der Waals surface area contributed by atoms with Gasteiger partial charge in [0.25, 0.3) is 0 Å². The molecule has 2 aliphatic rings. The van der Waals surface area contributed by atoms with Crippen molar-refractivity contribution < 1.29 is 0 Å². The summed E-state index contributed by atoms with van der Waals surface area (Å²) < 4.78 is 0. The van der Waals surface area contributed by atoms with E-state index in [-0.39, 0.29) is 0 Å². The SMILES string of the molecule is c1cc2c(cc1CCN1CCNCC1)NCC2. The Morgan fingerprint density at radius 2 is 2.00 bits per heavy atom. The largest absolute Gasteiger partial charge is 0.384 e. The lowest BCUT2D eigenvalue weighted by Crippen LogP contribution is -2.44. The number of hydrogen-bond donors (Lipinski definition) is 2. The topological polar surface area (TPSA) is 27.3 Å². The van der Waals surface area contributed by atoms with Gasteiger partial charge in [0.15, 0.2) is 0 Å². The molecule has 1 fully saturated rings. The maximum absolute atomic E-state index is 3.45. The summed E-state index contributed by atoms with van der Waals surface area (Å²) in [5, 5.41) is 6.85. The van der Waals surface area contributed by atoms with Crippen molar-refractivity contribution in [3.05, 3.63) is 29.3 Å². The van der Waals surface area contributed by atoms with Gasteiger partial charge >= 0.3 is 0 Å². The van der Waals surface area contributed by atoms with Crippen molar-refractivity contribution in [2.75, 3.05) is 44.6 Å². The minimum absolute atomic E-state index is 1.11. The highest BCUT2D eigenvalue weighted by Crippen LogP contribution is 2.23. The van der Waals surface area contributed by atoms with E-state index in [1.54, 1.807) is 0 Å². The Kier molecular flexibility index (Phi) is 3.29. The van der Waals surface area contributed by atoms with Crippen molar-refractivity contribution in [1.82, 2.24) is 10.2 Å². The third-order valence-corrected chi connectivity index (χ3v) is 3.81. The maximum atomic E-state index is 3.45. The van der Waals surface area contributed by atoms with Gasteiger partial charge in [-0.3, -0.25) is 0 Å². The second-order valence-electron chi connectivity index (χ2n) is 5.01. The highest BCUT2D eigenvalue weighted by atomic mass is 15.2. The van der Waals surface area contributed by atoms with Crippen LogP contribution in [-0.2, 0) is 12.8 Å². The minimum Gasteiger partial charge on any atom is -0.384 e. The molecule has 1 aromatic rings. The van der Waals surface area contributed by atoms with Gasteiger partial charge in [-0.25, -0.2) is 0 Å². The maximum Gasteiger partial charge on any atom is 0.0376 e. The van der Waals surface area contributed by atoms with E-state index in [2.05, 4.69) is 33.7 Å². The second-order valence-corrected chi connectivity index (χ2v) is 5.01. The van der Waals surface area contributed by atoms with Gasteiger partial charge < -0.3 is 15.5 Å². The molecule has 0 aromatic heterocycles. The van der Waals surface area contributed by atoms with E-state index in [1.807, 2.05) is 0 Å². The van der Waals surface area contributed by atoms with E-state index >= 15 is 0 Å². The summed E-state index contributed by atoms with van der Waals surface area (Å²) in [7, 11) is 0. The minimum atomic E-state index is 1.11. The highest BCUT2D eigenvalue weighted by Gasteiger charge is 2.12. The van der Waals surface area contributed by atoms with Gasteiger partial charge in [0.2, 0.25) is 0 Å². The fourth-order valence-electron chi connectivity index (χ4n) is 2.72. The van der Waals surface area contributed by atoms with Gasteiger partial charge in [-0.15, -0.1) is 0 Å². The van der Waals surface area contributed by atoms with Crippen LogP contribution in [0.25, 0.3) is 0 Å². The molecule has 0 amide bonds. The van der Waals surface area contributed by atoms with Gasteiger partial charge in [0.1, 0.15) is 0 Å². The van der Waals surface area contributed by atoms with Crippen LogP contribution in [0.4, 0.5) is 5.69 Å². The van der Waals surface area contributed by atoms with Crippen molar-refractivity contribution in [2.24, 2.45) is 0 Å². The molecule has 17 heavy (non-hydrogen) atoms. The van der Waals surface area contributed by atoms with Crippen LogP contribution in [-0.4, -0.2) is 44.2 Å². The molecule has 1 aromatic carbocycles. The molecule has 2 N–H and O–H groups in total. The summed E-state index contributed by atoms with van der Waals surface area (Å²) >= 11 is 0.